The molecule has 1 amide bonds. The van der Waals surface area contributed by atoms with Crippen LogP contribution in [0, 0.1) is 11.8 Å². The molecule has 2 heterocycles. The number of benzene rings is 2. The van der Waals surface area contributed by atoms with Gasteiger partial charge in [0.15, 0.2) is 0 Å². The molecule has 1 saturated heterocycles. The lowest BCUT2D eigenvalue weighted by Gasteiger charge is -2.36. The number of likely N-dealkylation sites (tertiary alicyclic amines) is 1. The van der Waals surface area contributed by atoms with E-state index in [0.717, 1.165) is 12.0 Å². The number of hydrogen-bond acceptors (Lipinski definition) is 4. The third-order valence-corrected chi connectivity index (χ3v) is 6.43. The summed E-state index contributed by atoms with van der Waals surface area (Å²) in [5.74, 6) is 0.0461. The molecule has 0 saturated carbocycles. The number of aliphatic hydroxyl groups excluding tert-OH is 2. The average molecular weight is 381 g/mol. The number of carbonyl (C=O) groups excluding carboxylic acids is 1. The van der Waals surface area contributed by atoms with E-state index in [1.807, 2.05) is 36.4 Å². The van der Waals surface area contributed by atoms with Gasteiger partial charge in [-0.05, 0) is 41.6 Å². The van der Waals surface area contributed by atoms with Gasteiger partial charge in [0.1, 0.15) is 0 Å². The highest BCUT2D eigenvalue weighted by molar-refractivity contribution is 7.22. The number of carbonyl (C=O) groups is 1. The fourth-order valence-corrected chi connectivity index (χ4v) is 4.90. The Kier molecular flexibility index (Phi) is 5.25. The summed E-state index contributed by atoms with van der Waals surface area (Å²) >= 11 is 1.75. The number of nitrogens with zero attached hydrogens (tertiary/aromatic N) is 1. The first kappa shape index (κ1) is 18.2. The summed E-state index contributed by atoms with van der Waals surface area (Å²) in [6.45, 7) is 1.18. The largest absolute Gasteiger partial charge is 0.396 e. The third kappa shape index (κ3) is 3.76. The van der Waals surface area contributed by atoms with E-state index in [1.54, 1.807) is 16.2 Å². The van der Waals surface area contributed by atoms with Crippen LogP contribution in [-0.2, 0) is 0 Å². The Morgan fingerprint density at radius 3 is 2.30 bits per heavy atom. The molecule has 1 aliphatic rings. The van der Waals surface area contributed by atoms with Gasteiger partial charge in [0, 0.05) is 53.3 Å². The summed E-state index contributed by atoms with van der Waals surface area (Å²) in [4.78, 5) is 15.8. The van der Waals surface area contributed by atoms with Gasteiger partial charge in [-0.25, -0.2) is 0 Å². The van der Waals surface area contributed by atoms with E-state index >= 15 is 0 Å². The average Bonchev–Trinajstić information content (AvgIpc) is 3.17. The van der Waals surface area contributed by atoms with Gasteiger partial charge >= 0.3 is 0 Å². The maximum absolute atomic E-state index is 12.9. The minimum absolute atomic E-state index is 0.0329. The Balaban J connectivity index is 1.53. The van der Waals surface area contributed by atoms with Crippen LogP contribution in [0.3, 0.4) is 0 Å². The van der Waals surface area contributed by atoms with Crippen LogP contribution in [0.4, 0.5) is 0 Å². The first-order chi connectivity index (χ1) is 13.2. The summed E-state index contributed by atoms with van der Waals surface area (Å²) in [5, 5.41) is 20.2. The van der Waals surface area contributed by atoms with Crippen molar-refractivity contribution in [3.05, 3.63) is 60.2 Å². The van der Waals surface area contributed by atoms with Crippen molar-refractivity contribution in [2.24, 2.45) is 11.8 Å². The molecular formula is C22H23NO3S. The number of piperidine rings is 1. The molecule has 5 heteroatoms. The zero-order chi connectivity index (χ0) is 18.8. The van der Waals surface area contributed by atoms with E-state index in [9.17, 15) is 15.0 Å². The number of hydrogen-bond donors (Lipinski definition) is 2. The van der Waals surface area contributed by atoms with Crippen LogP contribution >= 0.6 is 11.3 Å². The van der Waals surface area contributed by atoms with Crippen LogP contribution in [0.1, 0.15) is 16.8 Å². The van der Waals surface area contributed by atoms with Gasteiger partial charge in [-0.2, -0.15) is 0 Å². The molecule has 27 heavy (non-hydrogen) atoms. The molecule has 0 radical (unpaired) electrons. The molecule has 1 aliphatic heterocycles. The zero-order valence-corrected chi connectivity index (χ0v) is 15.9. The number of aliphatic hydroxyl groups is 2. The van der Waals surface area contributed by atoms with Crippen molar-refractivity contribution >= 4 is 27.3 Å². The van der Waals surface area contributed by atoms with Crippen molar-refractivity contribution in [2.75, 3.05) is 26.3 Å². The van der Waals surface area contributed by atoms with Gasteiger partial charge in [0.05, 0.1) is 0 Å². The molecule has 4 rings (SSSR count). The first-order valence-electron chi connectivity index (χ1n) is 9.28. The second kappa shape index (κ2) is 7.80. The number of rotatable bonds is 4. The Morgan fingerprint density at radius 1 is 1.00 bits per heavy atom. The predicted molar refractivity (Wildman–Crippen MR) is 109 cm³/mol. The lowest BCUT2D eigenvalue weighted by molar-refractivity contribution is 0.0415. The van der Waals surface area contributed by atoms with Crippen molar-refractivity contribution in [1.82, 2.24) is 4.90 Å². The smallest absolute Gasteiger partial charge is 0.253 e. The quantitative estimate of drug-likeness (QED) is 0.725. The zero-order valence-electron chi connectivity index (χ0n) is 15.0. The summed E-state index contributed by atoms with van der Waals surface area (Å²) < 4.78 is 1.26. The molecule has 2 aromatic carbocycles. The summed E-state index contributed by atoms with van der Waals surface area (Å²) in [5.41, 5.74) is 1.75. The van der Waals surface area contributed by atoms with Crippen molar-refractivity contribution in [2.45, 2.75) is 6.42 Å². The summed E-state index contributed by atoms with van der Waals surface area (Å²) in [6.07, 6.45) is 0.766. The third-order valence-electron chi connectivity index (χ3n) is 5.27. The first-order valence-corrected chi connectivity index (χ1v) is 10.1. The number of fused-ring (bicyclic) bond motifs is 1. The number of amides is 1. The van der Waals surface area contributed by atoms with Crippen molar-refractivity contribution in [3.63, 3.8) is 0 Å². The molecule has 0 aliphatic carbocycles. The van der Waals surface area contributed by atoms with Crippen LogP contribution in [-0.4, -0.2) is 47.3 Å². The Morgan fingerprint density at radius 2 is 1.67 bits per heavy atom. The van der Waals surface area contributed by atoms with Gasteiger partial charge in [0.2, 0.25) is 0 Å². The normalized spacial score (nSPS) is 20.1. The minimum atomic E-state index is -0.0329. The maximum atomic E-state index is 12.9. The van der Waals surface area contributed by atoms with Crippen LogP contribution < -0.4 is 0 Å². The fraction of sp³-hybridized carbons (Fsp3) is 0.318. The molecule has 0 bridgehead atoms. The van der Waals surface area contributed by atoms with Crippen molar-refractivity contribution in [1.29, 1.82) is 0 Å². The van der Waals surface area contributed by atoms with Crippen LogP contribution in [0.2, 0.25) is 0 Å². The Bertz CT molecular complexity index is 889. The van der Waals surface area contributed by atoms with E-state index in [1.165, 1.54) is 15.0 Å². The Labute approximate surface area is 162 Å². The molecule has 0 unspecified atom stereocenters. The molecular weight excluding hydrogens is 358 g/mol. The second-order valence-electron chi connectivity index (χ2n) is 7.27. The van der Waals surface area contributed by atoms with Gasteiger partial charge in [-0.15, -0.1) is 11.3 Å². The summed E-state index contributed by atoms with van der Waals surface area (Å²) in [7, 11) is 0. The second-order valence-corrected chi connectivity index (χ2v) is 8.35. The van der Waals surface area contributed by atoms with Crippen LogP contribution in [0.5, 0.6) is 0 Å². The van der Waals surface area contributed by atoms with E-state index in [-0.39, 0.29) is 31.0 Å². The number of thiophene rings is 1. The minimum Gasteiger partial charge on any atom is -0.396 e. The van der Waals surface area contributed by atoms with E-state index in [0.29, 0.717) is 18.7 Å². The van der Waals surface area contributed by atoms with E-state index in [2.05, 4.69) is 18.2 Å². The molecule has 140 valence electrons. The van der Waals surface area contributed by atoms with E-state index in [4.69, 9.17) is 0 Å². The lowest BCUT2D eigenvalue weighted by Crippen LogP contribution is -2.45. The van der Waals surface area contributed by atoms with Crippen LogP contribution in [0.15, 0.2) is 54.6 Å². The van der Waals surface area contributed by atoms with E-state index < -0.39 is 0 Å². The highest BCUT2D eigenvalue weighted by atomic mass is 32.1. The van der Waals surface area contributed by atoms with Gasteiger partial charge in [-0.1, -0.05) is 30.3 Å². The topological polar surface area (TPSA) is 60.8 Å². The van der Waals surface area contributed by atoms with Crippen molar-refractivity contribution < 1.29 is 15.0 Å². The van der Waals surface area contributed by atoms with Gasteiger partial charge in [0.25, 0.3) is 5.91 Å². The molecule has 2 N–H and O–H groups in total. The summed E-state index contributed by atoms with van der Waals surface area (Å²) in [6, 6.07) is 18.2. The predicted octanol–water partition coefficient (Wildman–Crippen LogP) is 3.63. The maximum Gasteiger partial charge on any atom is 0.253 e. The van der Waals surface area contributed by atoms with Crippen molar-refractivity contribution in [3.8, 4) is 10.4 Å². The van der Waals surface area contributed by atoms with Gasteiger partial charge < -0.3 is 15.1 Å². The highest BCUT2D eigenvalue weighted by Crippen LogP contribution is 2.33. The molecule has 2 atom stereocenters. The molecule has 3 aromatic rings. The molecule has 4 nitrogen and oxygen atoms in total. The molecule has 1 aromatic heterocycles. The van der Waals surface area contributed by atoms with Crippen LogP contribution in [0.25, 0.3) is 20.5 Å². The SMILES string of the molecule is O=C(c1ccc(-c2cc3ccccc3s2)cc1)N1C[C@H](CO)C[C@H](CO)C1. The van der Waals surface area contributed by atoms with Gasteiger partial charge in [-0.3, -0.25) is 4.79 Å². The highest BCUT2D eigenvalue weighted by Gasteiger charge is 2.29. The molecule has 1 fully saturated rings. The lowest BCUT2D eigenvalue weighted by atomic mass is 9.90. The standard InChI is InChI=1S/C22H23NO3S/c24-13-15-9-16(14-25)12-23(11-15)22(26)18-7-5-17(6-8-18)21-10-19-3-1-2-4-20(19)27-21/h1-8,10,15-16,24-25H,9,11-14H2/t15-,16+. The molecule has 0 spiro atoms. The monoisotopic (exact) mass is 381 g/mol. The fourth-order valence-electron chi connectivity index (χ4n) is 3.83. The Hall–Kier alpha value is -2.21.